The van der Waals surface area contributed by atoms with Gasteiger partial charge in [0.2, 0.25) is 0 Å². The minimum absolute atomic E-state index is 0.0353. The van der Waals surface area contributed by atoms with Gasteiger partial charge in [-0.3, -0.25) is 9.78 Å². The van der Waals surface area contributed by atoms with Gasteiger partial charge in [0, 0.05) is 11.8 Å². The van der Waals surface area contributed by atoms with E-state index < -0.39 is 18.0 Å². The molecule has 14 heavy (non-hydrogen) atoms. The average Bonchev–Trinajstić information content (AvgIpc) is 2.08. The average molecular weight is 201 g/mol. The van der Waals surface area contributed by atoms with Crippen LogP contribution in [0.3, 0.4) is 0 Å². The summed E-state index contributed by atoms with van der Waals surface area (Å²) in [5, 5.41) is 0. The minimum Gasteiger partial charge on any atom is -0.398 e. The van der Waals surface area contributed by atoms with E-state index in [-0.39, 0.29) is 16.8 Å². The van der Waals surface area contributed by atoms with Crippen LogP contribution in [0, 0.1) is 6.92 Å². The highest BCUT2D eigenvalue weighted by Gasteiger charge is 2.17. The van der Waals surface area contributed by atoms with Crippen LogP contribution in [-0.2, 0) is 0 Å². The highest BCUT2D eigenvalue weighted by Crippen LogP contribution is 2.25. The van der Waals surface area contributed by atoms with Crippen molar-refractivity contribution in [2.45, 2.75) is 13.3 Å². The number of nitrogens with two attached hydrogens (primary N) is 2. The van der Waals surface area contributed by atoms with Crippen molar-refractivity contribution < 1.29 is 13.6 Å². The van der Waals surface area contributed by atoms with Gasteiger partial charge in [0.25, 0.3) is 12.3 Å². The number of carbonyl (C=O) groups is 1. The first-order valence-corrected chi connectivity index (χ1v) is 3.78. The van der Waals surface area contributed by atoms with E-state index in [4.69, 9.17) is 11.5 Å². The number of rotatable bonds is 2. The third kappa shape index (κ3) is 1.63. The number of nitrogen functional groups attached to an aromatic ring is 1. The Labute approximate surface area is 78.9 Å². The van der Waals surface area contributed by atoms with Crippen LogP contribution < -0.4 is 11.5 Å². The van der Waals surface area contributed by atoms with Crippen LogP contribution in [0.15, 0.2) is 6.20 Å². The second kappa shape index (κ2) is 3.57. The Kier molecular flexibility index (Phi) is 2.64. The molecule has 0 unspecified atom stereocenters. The van der Waals surface area contributed by atoms with Crippen LogP contribution in [0.4, 0.5) is 14.5 Å². The van der Waals surface area contributed by atoms with Gasteiger partial charge in [0.05, 0.1) is 11.3 Å². The van der Waals surface area contributed by atoms with Crippen molar-refractivity contribution in [2.75, 3.05) is 5.73 Å². The molecule has 0 atom stereocenters. The molecule has 0 aliphatic rings. The van der Waals surface area contributed by atoms with Crippen LogP contribution in [0.5, 0.6) is 0 Å². The zero-order chi connectivity index (χ0) is 10.9. The number of primary amides is 1. The number of amides is 1. The Morgan fingerprint density at radius 3 is 2.57 bits per heavy atom. The summed E-state index contributed by atoms with van der Waals surface area (Å²) in [6.07, 6.45) is -1.74. The molecule has 0 bridgehead atoms. The number of carbonyl (C=O) groups excluding carboxylic acids is 1. The number of pyridine rings is 1. The second-order valence-corrected chi connectivity index (χ2v) is 2.76. The Morgan fingerprint density at radius 2 is 2.14 bits per heavy atom. The van der Waals surface area contributed by atoms with Crippen molar-refractivity contribution in [2.24, 2.45) is 5.73 Å². The second-order valence-electron chi connectivity index (χ2n) is 2.76. The number of anilines is 1. The molecule has 0 aliphatic heterocycles. The van der Waals surface area contributed by atoms with E-state index in [9.17, 15) is 13.6 Å². The molecule has 1 heterocycles. The first-order chi connectivity index (χ1) is 6.45. The first-order valence-electron chi connectivity index (χ1n) is 3.78. The van der Waals surface area contributed by atoms with E-state index in [1.54, 1.807) is 0 Å². The van der Waals surface area contributed by atoms with Gasteiger partial charge in [-0.1, -0.05) is 0 Å². The van der Waals surface area contributed by atoms with Crippen LogP contribution in [-0.4, -0.2) is 10.9 Å². The van der Waals surface area contributed by atoms with Crippen molar-refractivity contribution in [3.8, 4) is 0 Å². The van der Waals surface area contributed by atoms with Crippen LogP contribution >= 0.6 is 0 Å². The summed E-state index contributed by atoms with van der Waals surface area (Å²) in [6.45, 7) is 1.37. The van der Waals surface area contributed by atoms with Crippen LogP contribution in [0.2, 0.25) is 0 Å². The predicted octanol–water partition coefficient (Wildman–Crippen LogP) is 1.01. The van der Waals surface area contributed by atoms with Crippen LogP contribution in [0.1, 0.15) is 28.0 Å². The monoisotopic (exact) mass is 201 g/mol. The van der Waals surface area contributed by atoms with E-state index in [0.29, 0.717) is 0 Å². The molecule has 76 valence electrons. The van der Waals surface area contributed by atoms with Crippen LogP contribution in [0.25, 0.3) is 0 Å². The smallest absolute Gasteiger partial charge is 0.280 e. The molecule has 0 fully saturated rings. The predicted molar refractivity (Wildman–Crippen MR) is 46.9 cm³/mol. The van der Waals surface area contributed by atoms with Gasteiger partial charge in [-0.2, -0.15) is 0 Å². The molecule has 0 aliphatic carbocycles. The van der Waals surface area contributed by atoms with E-state index in [1.165, 1.54) is 6.92 Å². The fourth-order valence-corrected chi connectivity index (χ4v) is 1.06. The topological polar surface area (TPSA) is 82.0 Å². The molecule has 0 saturated carbocycles. The summed E-state index contributed by atoms with van der Waals surface area (Å²) in [4.78, 5) is 14.2. The van der Waals surface area contributed by atoms with Gasteiger partial charge < -0.3 is 11.5 Å². The van der Waals surface area contributed by atoms with E-state index in [2.05, 4.69) is 4.98 Å². The zero-order valence-electron chi connectivity index (χ0n) is 7.42. The van der Waals surface area contributed by atoms with Gasteiger partial charge in [0.15, 0.2) is 0 Å². The van der Waals surface area contributed by atoms with Crippen molar-refractivity contribution in [1.82, 2.24) is 4.98 Å². The van der Waals surface area contributed by atoms with Crippen molar-refractivity contribution in [1.29, 1.82) is 0 Å². The van der Waals surface area contributed by atoms with Gasteiger partial charge in [0.1, 0.15) is 5.69 Å². The normalized spacial score (nSPS) is 10.6. The molecule has 1 aromatic rings. The number of hydrogen-bond acceptors (Lipinski definition) is 3. The quantitative estimate of drug-likeness (QED) is 0.749. The summed E-state index contributed by atoms with van der Waals surface area (Å²) >= 11 is 0. The lowest BCUT2D eigenvalue weighted by molar-refractivity contribution is 0.0999. The molecule has 4 nitrogen and oxygen atoms in total. The van der Waals surface area contributed by atoms with Gasteiger partial charge in [-0.15, -0.1) is 0 Å². The highest BCUT2D eigenvalue weighted by molar-refractivity contribution is 5.98. The summed E-state index contributed by atoms with van der Waals surface area (Å²) in [5.41, 5.74) is 10.0. The third-order valence-electron chi connectivity index (χ3n) is 1.88. The number of nitrogens with zero attached hydrogens (tertiary/aromatic N) is 1. The summed E-state index contributed by atoms with van der Waals surface area (Å²) in [6, 6.07) is 0. The molecule has 1 aromatic heterocycles. The lowest BCUT2D eigenvalue weighted by Gasteiger charge is -2.09. The molecule has 0 spiro atoms. The third-order valence-corrected chi connectivity index (χ3v) is 1.88. The Morgan fingerprint density at radius 1 is 1.57 bits per heavy atom. The molecule has 1 amide bonds. The van der Waals surface area contributed by atoms with Gasteiger partial charge in [-0.05, 0) is 6.92 Å². The number of alkyl halides is 2. The summed E-state index contributed by atoms with van der Waals surface area (Å²) < 4.78 is 24.6. The largest absolute Gasteiger partial charge is 0.398 e. The van der Waals surface area contributed by atoms with E-state index in [1.807, 2.05) is 0 Å². The fourth-order valence-electron chi connectivity index (χ4n) is 1.06. The molecule has 0 saturated heterocycles. The van der Waals surface area contributed by atoms with Gasteiger partial charge in [-0.25, -0.2) is 8.78 Å². The number of hydrogen-bond donors (Lipinski definition) is 2. The van der Waals surface area contributed by atoms with Crippen molar-refractivity contribution in [3.63, 3.8) is 0 Å². The maximum atomic E-state index is 12.3. The maximum Gasteiger partial charge on any atom is 0.280 e. The maximum absolute atomic E-state index is 12.3. The molecule has 6 heteroatoms. The molecular formula is C8H9F2N3O. The van der Waals surface area contributed by atoms with E-state index >= 15 is 0 Å². The fraction of sp³-hybridized carbons (Fsp3) is 0.250. The highest BCUT2D eigenvalue weighted by atomic mass is 19.3. The Balaban J connectivity index is 3.33. The summed E-state index contributed by atoms with van der Waals surface area (Å²) in [5.74, 6) is -0.779. The molecular weight excluding hydrogens is 192 g/mol. The first kappa shape index (κ1) is 10.4. The minimum atomic E-state index is -2.71. The van der Waals surface area contributed by atoms with Crippen molar-refractivity contribution in [3.05, 3.63) is 23.0 Å². The molecule has 0 aromatic carbocycles. The molecule has 0 radical (unpaired) electrons. The Hall–Kier alpha value is -1.72. The summed E-state index contributed by atoms with van der Waals surface area (Å²) in [7, 11) is 0. The van der Waals surface area contributed by atoms with Gasteiger partial charge >= 0.3 is 0 Å². The molecule has 1 rings (SSSR count). The van der Waals surface area contributed by atoms with E-state index in [0.717, 1.165) is 6.20 Å². The zero-order valence-corrected chi connectivity index (χ0v) is 7.42. The lowest BCUT2D eigenvalue weighted by Crippen LogP contribution is -2.16. The standard InChI is InChI=1S/C8H9F2N3O/c1-3-5(11)4(8(12)14)2-13-6(3)7(9)10/h2,7H,1H3,(H2,11,13)(H2,12,14). The van der Waals surface area contributed by atoms with Crippen molar-refractivity contribution >= 4 is 11.6 Å². The number of halogens is 2. The molecule has 4 N–H and O–H groups in total. The number of aromatic nitrogens is 1. The lowest BCUT2D eigenvalue weighted by atomic mass is 10.1. The SMILES string of the molecule is Cc1c(C(F)F)ncc(C(N)=O)c1N. The Bertz CT molecular complexity index is 379.